The van der Waals surface area contributed by atoms with E-state index in [0.717, 1.165) is 17.0 Å². The van der Waals surface area contributed by atoms with Crippen LogP contribution in [0.5, 0.6) is 0 Å². The standard InChI is InChI=1S/C13H14N6O/c1-8-3-4-11(20-8)13-16-10(5-12(17-13)18-14)9-6-15-19(2)7-9/h3-7H,14H2,1-2H3,(H,16,17,18). The third kappa shape index (κ3) is 2.26. The van der Waals surface area contributed by atoms with Gasteiger partial charge in [0.1, 0.15) is 11.6 Å². The number of hydrazine groups is 1. The Balaban J connectivity index is 2.12. The van der Waals surface area contributed by atoms with Gasteiger partial charge in [-0.25, -0.2) is 15.8 Å². The summed E-state index contributed by atoms with van der Waals surface area (Å²) in [7, 11) is 1.85. The van der Waals surface area contributed by atoms with Crippen LogP contribution in [-0.2, 0) is 7.05 Å². The van der Waals surface area contributed by atoms with Gasteiger partial charge in [-0.3, -0.25) is 4.68 Å². The summed E-state index contributed by atoms with van der Waals surface area (Å²) >= 11 is 0. The molecule has 0 bridgehead atoms. The van der Waals surface area contributed by atoms with E-state index < -0.39 is 0 Å². The van der Waals surface area contributed by atoms with Crippen molar-refractivity contribution in [1.29, 1.82) is 0 Å². The van der Waals surface area contributed by atoms with Gasteiger partial charge in [0.05, 0.1) is 11.9 Å². The van der Waals surface area contributed by atoms with E-state index in [9.17, 15) is 0 Å². The van der Waals surface area contributed by atoms with Gasteiger partial charge in [-0.2, -0.15) is 5.10 Å². The van der Waals surface area contributed by atoms with Crippen molar-refractivity contribution in [2.24, 2.45) is 12.9 Å². The molecule has 3 aromatic rings. The first kappa shape index (κ1) is 12.4. The number of aromatic nitrogens is 4. The number of anilines is 1. The molecule has 0 saturated heterocycles. The number of nitrogens with zero attached hydrogens (tertiary/aromatic N) is 4. The minimum absolute atomic E-state index is 0.479. The Kier molecular flexibility index (Phi) is 2.96. The largest absolute Gasteiger partial charge is 0.458 e. The Morgan fingerprint density at radius 3 is 2.75 bits per heavy atom. The summed E-state index contributed by atoms with van der Waals surface area (Å²) in [5.74, 6) is 7.86. The van der Waals surface area contributed by atoms with Gasteiger partial charge in [-0.05, 0) is 19.1 Å². The molecule has 0 atom stereocenters. The predicted molar refractivity (Wildman–Crippen MR) is 74.5 cm³/mol. The van der Waals surface area contributed by atoms with Crippen molar-refractivity contribution in [1.82, 2.24) is 19.7 Å². The molecule has 0 aromatic carbocycles. The zero-order chi connectivity index (χ0) is 14.1. The van der Waals surface area contributed by atoms with E-state index >= 15 is 0 Å². The molecule has 7 heteroatoms. The number of rotatable bonds is 3. The van der Waals surface area contributed by atoms with Gasteiger partial charge >= 0.3 is 0 Å². The molecule has 3 rings (SSSR count). The van der Waals surface area contributed by atoms with Crippen LogP contribution in [0.2, 0.25) is 0 Å². The summed E-state index contributed by atoms with van der Waals surface area (Å²) in [5.41, 5.74) is 4.15. The van der Waals surface area contributed by atoms with Crippen molar-refractivity contribution in [2.75, 3.05) is 5.43 Å². The first-order chi connectivity index (χ1) is 9.65. The van der Waals surface area contributed by atoms with Crippen LogP contribution in [-0.4, -0.2) is 19.7 Å². The van der Waals surface area contributed by atoms with Gasteiger partial charge in [0.15, 0.2) is 11.6 Å². The van der Waals surface area contributed by atoms with Gasteiger partial charge in [0.2, 0.25) is 0 Å². The lowest BCUT2D eigenvalue weighted by atomic mass is 10.2. The van der Waals surface area contributed by atoms with Crippen LogP contribution >= 0.6 is 0 Å². The number of hydrogen-bond donors (Lipinski definition) is 2. The van der Waals surface area contributed by atoms with Crippen molar-refractivity contribution >= 4 is 5.82 Å². The SMILES string of the molecule is Cc1ccc(-c2nc(NN)cc(-c3cnn(C)c3)n2)o1. The van der Waals surface area contributed by atoms with Crippen molar-refractivity contribution in [2.45, 2.75) is 6.92 Å². The van der Waals surface area contributed by atoms with E-state index in [1.165, 1.54) is 0 Å². The Morgan fingerprint density at radius 2 is 2.15 bits per heavy atom. The molecule has 0 aliphatic heterocycles. The fraction of sp³-hybridized carbons (Fsp3) is 0.154. The first-order valence-electron chi connectivity index (χ1n) is 6.07. The lowest BCUT2D eigenvalue weighted by Crippen LogP contribution is -2.09. The van der Waals surface area contributed by atoms with E-state index in [4.69, 9.17) is 10.3 Å². The Bertz CT molecular complexity index is 686. The predicted octanol–water partition coefficient (Wildman–Crippen LogP) is 1.73. The van der Waals surface area contributed by atoms with E-state index in [2.05, 4.69) is 20.5 Å². The van der Waals surface area contributed by atoms with Gasteiger partial charge in [-0.1, -0.05) is 0 Å². The summed E-state index contributed by atoms with van der Waals surface area (Å²) in [6.45, 7) is 1.87. The highest BCUT2D eigenvalue weighted by molar-refractivity contribution is 5.64. The molecular formula is C13H14N6O. The number of furan rings is 1. The van der Waals surface area contributed by atoms with Crippen LogP contribution in [0.1, 0.15) is 5.76 Å². The van der Waals surface area contributed by atoms with Crippen LogP contribution in [0, 0.1) is 6.92 Å². The highest BCUT2D eigenvalue weighted by Gasteiger charge is 2.12. The monoisotopic (exact) mass is 270 g/mol. The Morgan fingerprint density at radius 1 is 1.30 bits per heavy atom. The van der Waals surface area contributed by atoms with Crippen LogP contribution in [0.4, 0.5) is 5.82 Å². The molecule has 20 heavy (non-hydrogen) atoms. The number of hydrogen-bond acceptors (Lipinski definition) is 6. The normalized spacial score (nSPS) is 10.8. The molecule has 0 fully saturated rings. The third-order valence-corrected chi connectivity index (χ3v) is 2.84. The molecule has 3 N–H and O–H groups in total. The number of nitrogens with two attached hydrogens (primary N) is 1. The quantitative estimate of drug-likeness (QED) is 0.556. The van der Waals surface area contributed by atoms with Crippen LogP contribution in [0.15, 0.2) is 35.0 Å². The lowest BCUT2D eigenvalue weighted by molar-refractivity contribution is 0.544. The van der Waals surface area contributed by atoms with E-state index in [1.54, 1.807) is 16.9 Å². The average molecular weight is 270 g/mol. The molecule has 3 heterocycles. The summed E-state index contributed by atoms with van der Waals surface area (Å²) in [6.07, 6.45) is 3.61. The number of nitrogens with one attached hydrogen (secondary N) is 1. The minimum Gasteiger partial charge on any atom is -0.458 e. The molecule has 0 radical (unpaired) electrons. The van der Waals surface area contributed by atoms with Crippen LogP contribution in [0.25, 0.3) is 22.8 Å². The van der Waals surface area contributed by atoms with Gasteiger partial charge in [0.25, 0.3) is 0 Å². The second-order valence-corrected chi connectivity index (χ2v) is 4.42. The molecule has 102 valence electrons. The van der Waals surface area contributed by atoms with Crippen LogP contribution < -0.4 is 11.3 Å². The number of nitrogen functional groups attached to an aromatic ring is 1. The molecule has 0 unspecified atom stereocenters. The lowest BCUT2D eigenvalue weighted by Gasteiger charge is -2.05. The maximum atomic E-state index is 5.55. The second kappa shape index (κ2) is 4.78. The van der Waals surface area contributed by atoms with E-state index in [1.807, 2.05) is 32.3 Å². The zero-order valence-corrected chi connectivity index (χ0v) is 11.2. The summed E-state index contributed by atoms with van der Waals surface area (Å²) in [5, 5.41) is 4.14. The summed E-state index contributed by atoms with van der Waals surface area (Å²) < 4.78 is 7.26. The third-order valence-electron chi connectivity index (χ3n) is 2.84. The fourth-order valence-electron chi connectivity index (χ4n) is 1.89. The summed E-state index contributed by atoms with van der Waals surface area (Å²) in [6, 6.07) is 5.46. The minimum atomic E-state index is 0.479. The molecule has 3 aromatic heterocycles. The first-order valence-corrected chi connectivity index (χ1v) is 6.07. The summed E-state index contributed by atoms with van der Waals surface area (Å²) in [4.78, 5) is 8.79. The smallest absolute Gasteiger partial charge is 0.198 e. The maximum absolute atomic E-state index is 5.55. The zero-order valence-electron chi connectivity index (χ0n) is 11.2. The number of aryl methyl sites for hydroxylation is 2. The van der Waals surface area contributed by atoms with E-state index in [0.29, 0.717) is 17.4 Å². The average Bonchev–Trinajstić information content (AvgIpc) is 3.07. The van der Waals surface area contributed by atoms with Gasteiger partial charge in [-0.15, -0.1) is 0 Å². The topological polar surface area (TPSA) is 94.8 Å². The van der Waals surface area contributed by atoms with Gasteiger partial charge in [0, 0.05) is 24.9 Å². The van der Waals surface area contributed by atoms with Crippen molar-refractivity contribution in [3.05, 3.63) is 36.4 Å². The second-order valence-electron chi connectivity index (χ2n) is 4.42. The van der Waals surface area contributed by atoms with E-state index in [-0.39, 0.29) is 0 Å². The molecule has 0 aliphatic carbocycles. The highest BCUT2D eigenvalue weighted by Crippen LogP contribution is 2.24. The fourth-order valence-corrected chi connectivity index (χ4v) is 1.89. The molecule has 0 aliphatic rings. The highest BCUT2D eigenvalue weighted by atomic mass is 16.3. The molecule has 7 nitrogen and oxygen atoms in total. The Labute approximate surface area is 115 Å². The van der Waals surface area contributed by atoms with Crippen molar-refractivity contribution in [3.8, 4) is 22.8 Å². The van der Waals surface area contributed by atoms with Crippen molar-refractivity contribution in [3.63, 3.8) is 0 Å². The Hall–Kier alpha value is -2.67. The molecule has 0 saturated carbocycles. The van der Waals surface area contributed by atoms with Gasteiger partial charge < -0.3 is 9.84 Å². The molecule has 0 spiro atoms. The van der Waals surface area contributed by atoms with Crippen LogP contribution in [0.3, 0.4) is 0 Å². The molecule has 0 amide bonds. The maximum Gasteiger partial charge on any atom is 0.198 e. The molecular weight excluding hydrogens is 256 g/mol. The van der Waals surface area contributed by atoms with Crippen molar-refractivity contribution < 1.29 is 4.42 Å².